The average molecular weight is 472 g/mol. The van der Waals surface area contributed by atoms with Crippen LogP contribution in [0, 0.1) is 0 Å². The van der Waals surface area contributed by atoms with Crippen molar-refractivity contribution in [3.05, 3.63) is 63.7 Å². The highest BCUT2D eigenvalue weighted by molar-refractivity contribution is 6.37. The van der Waals surface area contributed by atoms with Gasteiger partial charge in [-0.2, -0.15) is 8.78 Å². The summed E-state index contributed by atoms with van der Waals surface area (Å²) in [6.07, 6.45) is 0.371. The highest BCUT2D eigenvalue weighted by atomic mass is 35.5. The van der Waals surface area contributed by atoms with Gasteiger partial charge in [0.05, 0.1) is 0 Å². The minimum Gasteiger partial charge on any atom is -0.346 e. The Morgan fingerprint density at radius 2 is 1.97 bits per heavy atom. The number of halogens is 3. The maximum atomic E-state index is 14.6. The summed E-state index contributed by atoms with van der Waals surface area (Å²) >= 11 is 5.73. The number of amides is 4. The lowest BCUT2D eigenvalue weighted by Gasteiger charge is -2.29. The second-order valence-corrected chi connectivity index (χ2v) is 8.32. The number of alkyl halides is 2. The lowest BCUT2D eigenvalue weighted by atomic mass is 9.87. The van der Waals surface area contributed by atoms with Gasteiger partial charge in [0, 0.05) is 35.7 Å². The Balaban J connectivity index is 1.44. The van der Waals surface area contributed by atoms with E-state index in [0.29, 0.717) is 16.7 Å². The van der Waals surface area contributed by atoms with Crippen molar-refractivity contribution in [2.45, 2.75) is 37.9 Å². The zero-order chi connectivity index (χ0) is 23.9. The number of imide groups is 1. The van der Waals surface area contributed by atoms with E-state index in [1.165, 1.54) is 17.0 Å². The Hall–Kier alpha value is -3.27. The maximum Gasteiger partial charge on any atom is 0.349 e. The number of benzene rings is 2. The van der Waals surface area contributed by atoms with Crippen LogP contribution in [0.3, 0.4) is 0 Å². The van der Waals surface area contributed by atoms with Gasteiger partial charge >= 0.3 is 5.92 Å². The molecule has 1 atom stereocenters. The largest absolute Gasteiger partial charge is 0.349 e. The third-order valence-corrected chi connectivity index (χ3v) is 5.91. The molecule has 11 heteroatoms. The summed E-state index contributed by atoms with van der Waals surface area (Å²) < 4.78 is 29.2. The van der Waals surface area contributed by atoms with Gasteiger partial charge < -0.3 is 10.2 Å². The van der Waals surface area contributed by atoms with E-state index < -0.39 is 29.3 Å². The molecule has 0 aliphatic carbocycles. The molecule has 2 heterocycles. The fourth-order valence-electron chi connectivity index (χ4n) is 3.97. The molecular formula is C22H17BClF2N3O4. The van der Waals surface area contributed by atoms with Crippen LogP contribution in [-0.2, 0) is 33.4 Å². The van der Waals surface area contributed by atoms with E-state index in [1.807, 2.05) is 0 Å². The summed E-state index contributed by atoms with van der Waals surface area (Å²) in [5.74, 6) is -6.65. The number of nitrogens with one attached hydrogen (secondary N) is 2. The molecule has 4 rings (SSSR count). The first kappa shape index (κ1) is 22.9. The van der Waals surface area contributed by atoms with Crippen molar-refractivity contribution >= 4 is 48.5 Å². The molecule has 0 saturated carbocycles. The van der Waals surface area contributed by atoms with Crippen molar-refractivity contribution in [1.29, 1.82) is 0 Å². The van der Waals surface area contributed by atoms with E-state index in [2.05, 4.69) is 10.6 Å². The van der Waals surface area contributed by atoms with Crippen LogP contribution in [0.2, 0.25) is 5.02 Å². The summed E-state index contributed by atoms with van der Waals surface area (Å²) in [5.41, 5.74) is 0.537. The van der Waals surface area contributed by atoms with E-state index >= 15 is 0 Å². The Morgan fingerprint density at radius 1 is 1.21 bits per heavy atom. The Labute approximate surface area is 193 Å². The molecule has 2 aliphatic heterocycles. The monoisotopic (exact) mass is 471 g/mol. The molecule has 7 nitrogen and oxygen atoms in total. The molecule has 0 aromatic heterocycles. The van der Waals surface area contributed by atoms with Crippen LogP contribution >= 0.6 is 11.6 Å². The minimum absolute atomic E-state index is 0.139. The number of carbonyl (C=O) groups is 4. The van der Waals surface area contributed by atoms with E-state index in [9.17, 15) is 28.0 Å². The number of nitrogens with zero attached hydrogens (tertiary/aromatic N) is 1. The first-order chi connectivity index (χ1) is 15.6. The zero-order valence-electron chi connectivity index (χ0n) is 17.2. The van der Waals surface area contributed by atoms with Crippen molar-refractivity contribution in [2.75, 3.05) is 0 Å². The molecule has 2 aliphatic rings. The number of carbonyl (C=O) groups excluding carboxylic acids is 4. The minimum atomic E-state index is -3.87. The van der Waals surface area contributed by atoms with Crippen molar-refractivity contribution in [1.82, 2.24) is 15.5 Å². The Kier molecular flexibility index (Phi) is 5.96. The summed E-state index contributed by atoms with van der Waals surface area (Å²) in [4.78, 5) is 49.8. The van der Waals surface area contributed by atoms with Gasteiger partial charge in [-0.3, -0.25) is 24.5 Å². The molecule has 1 saturated heterocycles. The smallest absolute Gasteiger partial charge is 0.346 e. The van der Waals surface area contributed by atoms with Crippen LogP contribution in [0.5, 0.6) is 0 Å². The summed E-state index contributed by atoms with van der Waals surface area (Å²) in [7, 11) is 5.59. The number of hydrogen-bond donors (Lipinski definition) is 2. The first-order valence-corrected chi connectivity index (χ1v) is 10.4. The maximum absolute atomic E-state index is 14.6. The molecule has 33 heavy (non-hydrogen) atoms. The van der Waals surface area contributed by atoms with Crippen LogP contribution in [0.25, 0.3) is 0 Å². The number of hydrogen-bond acceptors (Lipinski definition) is 4. The molecule has 2 aromatic rings. The molecule has 1 fully saturated rings. The number of rotatable bonds is 5. The van der Waals surface area contributed by atoms with Gasteiger partial charge in [0.15, 0.2) is 0 Å². The van der Waals surface area contributed by atoms with E-state index in [0.717, 1.165) is 12.1 Å². The molecule has 2 aromatic carbocycles. The second-order valence-electron chi connectivity index (χ2n) is 7.88. The second kappa shape index (κ2) is 8.59. The normalized spacial score (nSPS) is 18.2. The van der Waals surface area contributed by atoms with Gasteiger partial charge in [-0.1, -0.05) is 41.3 Å². The van der Waals surface area contributed by atoms with Gasteiger partial charge in [0.25, 0.3) is 11.8 Å². The predicted octanol–water partition coefficient (Wildman–Crippen LogP) is 1.30. The summed E-state index contributed by atoms with van der Waals surface area (Å²) in [5, 5.41) is 4.59. The third-order valence-electron chi connectivity index (χ3n) is 5.68. The van der Waals surface area contributed by atoms with Gasteiger partial charge in [-0.25, -0.2) is 0 Å². The SMILES string of the molecule is [B]c1cc(Cl)ccc1C(F)(F)C(=O)NCc1ccc2c(c1)CN(C1CCC(=O)NC1=O)C2=O. The summed E-state index contributed by atoms with van der Waals surface area (Å²) in [6, 6.07) is 7.30. The Bertz CT molecular complexity index is 1190. The predicted molar refractivity (Wildman–Crippen MR) is 115 cm³/mol. The van der Waals surface area contributed by atoms with Crippen molar-refractivity contribution < 1.29 is 28.0 Å². The fourth-order valence-corrected chi connectivity index (χ4v) is 4.15. The highest BCUT2D eigenvalue weighted by Gasteiger charge is 2.42. The van der Waals surface area contributed by atoms with Crippen LogP contribution in [0.4, 0.5) is 8.78 Å². The fraction of sp³-hybridized carbons (Fsp3) is 0.273. The van der Waals surface area contributed by atoms with Gasteiger partial charge in [0.1, 0.15) is 13.9 Å². The third kappa shape index (κ3) is 4.35. The van der Waals surface area contributed by atoms with Crippen molar-refractivity contribution in [2.24, 2.45) is 0 Å². The highest BCUT2D eigenvalue weighted by Crippen LogP contribution is 2.30. The van der Waals surface area contributed by atoms with Gasteiger partial charge in [-0.05, 0) is 29.7 Å². The van der Waals surface area contributed by atoms with E-state index in [1.54, 1.807) is 12.1 Å². The molecule has 1 unspecified atom stereocenters. The first-order valence-electron chi connectivity index (χ1n) is 10.1. The molecule has 2 N–H and O–H groups in total. The summed E-state index contributed by atoms with van der Waals surface area (Å²) in [6.45, 7) is -0.0680. The van der Waals surface area contributed by atoms with Gasteiger partial charge in [0.2, 0.25) is 11.8 Å². The standard InChI is InChI=1S/C22H17BClF2N3O4/c23-16-8-13(24)2-4-15(16)22(25,26)21(33)27-9-11-1-3-14-12(7-11)10-29(20(14)32)17-5-6-18(30)28-19(17)31/h1-4,7-8,17H,5-6,9-10H2,(H,27,33)(H,28,30,31). The van der Waals surface area contributed by atoms with Crippen LogP contribution in [0.15, 0.2) is 36.4 Å². The average Bonchev–Trinajstić information content (AvgIpc) is 3.07. The Morgan fingerprint density at radius 3 is 2.67 bits per heavy atom. The van der Waals surface area contributed by atoms with Crippen molar-refractivity contribution in [3.63, 3.8) is 0 Å². The van der Waals surface area contributed by atoms with E-state index in [-0.39, 0.29) is 48.2 Å². The molecule has 168 valence electrons. The molecule has 2 radical (unpaired) electrons. The molecule has 4 amide bonds. The number of piperidine rings is 1. The lowest BCUT2D eigenvalue weighted by Crippen LogP contribution is -2.52. The van der Waals surface area contributed by atoms with Crippen LogP contribution in [-0.4, -0.2) is 42.4 Å². The van der Waals surface area contributed by atoms with Gasteiger partial charge in [-0.15, -0.1) is 0 Å². The molecule has 0 spiro atoms. The topological polar surface area (TPSA) is 95.6 Å². The molecule has 0 bridgehead atoms. The lowest BCUT2D eigenvalue weighted by molar-refractivity contribution is -0.147. The number of fused-ring (bicyclic) bond motifs is 1. The van der Waals surface area contributed by atoms with Crippen LogP contribution in [0.1, 0.15) is 39.9 Å². The van der Waals surface area contributed by atoms with E-state index in [4.69, 9.17) is 19.4 Å². The quantitative estimate of drug-likeness (QED) is 0.508. The van der Waals surface area contributed by atoms with Crippen LogP contribution < -0.4 is 16.1 Å². The molecular weight excluding hydrogens is 455 g/mol. The zero-order valence-corrected chi connectivity index (χ0v) is 17.9. The van der Waals surface area contributed by atoms with Crippen molar-refractivity contribution in [3.8, 4) is 0 Å².